The molecule has 0 amide bonds. The summed E-state index contributed by atoms with van der Waals surface area (Å²) in [6, 6.07) is 7.77. The number of benzene rings is 2. The smallest absolute Gasteiger partial charge is 0.417 e. The Hall–Kier alpha value is -2.79. The van der Waals surface area contributed by atoms with Crippen LogP contribution < -0.4 is 15.2 Å². The molecule has 0 radical (unpaired) electrons. The van der Waals surface area contributed by atoms with Crippen molar-refractivity contribution in [3.05, 3.63) is 46.9 Å². The number of methoxy groups -OCH3 is 1. The van der Waals surface area contributed by atoms with Crippen LogP contribution in [0.4, 0.5) is 5.69 Å². The largest absolute Gasteiger partial charge is 0.495 e. The van der Waals surface area contributed by atoms with Crippen LogP contribution in [0.25, 0.3) is 11.1 Å². The van der Waals surface area contributed by atoms with Crippen LogP contribution in [-0.2, 0) is 19.9 Å². The van der Waals surface area contributed by atoms with E-state index in [2.05, 4.69) is 9.71 Å². The molecule has 0 unspecified atom stereocenters. The van der Waals surface area contributed by atoms with E-state index in [1.54, 1.807) is 0 Å². The molecule has 2 N–H and O–H groups in total. The first-order chi connectivity index (χ1) is 12.1. The number of H-pyrrole nitrogens is 1. The molecule has 138 valence electrons. The van der Waals surface area contributed by atoms with Gasteiger partial charge >= 0.3 is 5.76 Å². The number of anilines is 1. The quantitative estimate of drug-likeness (QED) is 0.662. The Morgan fingerprint density at radius 3 is 2.46 bits per heavy atom. The van der Waals surface area contributed by atoms with Crippen molar-refractivity contribution in [3.63, 3.8) is 0 Å². The number of aromatic nitrogens is 1. The summed E-state index contributed by atoms with van der Waals surface area (Å²) in [7, 11) is -6.51. The number of fused-ring (bicyclic) bond motifs is 1. The Bertz CT molecular complexity index is 1250. The number of nitrogens with one attached hydrogen (secondary N) is 2. The molecule has 1 heterocycles. The van der Waals surface area contributed by atoms with Gasteiger partial charge in [-0.3, -0.25) is 9.71 Å². The number of aromatic amines is 1. The second kappa shape index (κ2) is 6.18. The van der Waals surface area contributed by atoms with Crippen LogP contribution in [0.5, 0.6) is 5.75 Å². The van der Waals surface area contributed by atoms with Crippen LogP contribution in [0, 0.1) is 0 Å². The van der Waals surface area contributed by atoms with E-state index in [9.17, 15) is 21.6 Å². The van der Waals surface area contributed by atoms with Crippen LogP contribution in [0.3, 0.4) is 0 Å². The van der Waals surface area contributed by atoms with Gasteiger partial charge in [0.2, 0.25) is 0 Å². The number of rotatable bonds is 5. The summed E-state index contributed by atoms with van der Waals surface area (Å²) in [5, 5.41) is 0. The predicted octanol–water partition coefficient (Wildman–Crippen LogP) is 1.33. The molecule has 3 aromatic rings. The highest BCUT2D eigenvalue weighted by atomic mass is 32.2. The van der Waals surface area contributed by atoms with Gasteiger partial charge < -0.3 is 9.15 Å². The summed E-state index contributed by atoms with van der Waals surface area (Å²) in [5.41, 5.74) is 0.716. The Morgan fingerprint density at radius 2 is 1.81 bits per heavy atom. The molecule has 0 aliphatic carbocycles. The molecule has 0 bridgehead atoms. The van der Waals surface area contributed by atoms with E-state index in [1.807, 2.05) is 0 Å². The van der Waals surface area contributed by atoms with Crippen molar-refractivity contribution >= 4 is 36.6 Å². The molecular weight excluding hydrogens is 384 g/mol. The minimum Gasteiger partial charge on any atom is -0.495 e. The molecule has 0 aliphatic rings. The van der Waals surface area contributed by atoms with Gasteiger partial charge in [0.25, 0.3) is 10.0 Å². The highest BCUT2D eigenvalue weighted by Crippen LogP contribution is 2.29. The van der Waals surface area contributed by atoms with Crippen molar-refractivity contribution in [1.82, 2.24) is 4.98 Å². The molecule has 0 atom stereocenters. The number of ether oxygens (including phenoxy) is 1. The zero-order chi connectivity index (χ0) is 19.1. The minimum atomic E-state index is -4.17. The summed E-state index contributed by atoms with van der Waals surface area (Å²) >= 11 is 0. The van der Waals surface area contributed by atoms with E-state index in [0.29, 0.717) is 5.52 Å². The highest BCUT2D eigenvalue weighted by Gasteiger charge is 2.23. The van der Waals surface area contributed by atoms with Crippen LogP contribution in [0.15, 0.2) is 55.4 Å². The van der Waals surface area contributed by atoms with Crippen molar-refractivity contribution < 1.29 is 26.0 Å². The van der Waals surface area contributed by atoms with Crippen molar-refractivity contribution in [2.45, 2.75) is 9.79 Å². The van der Waals surface area contributed by atoms with Crippen LogP contribution >= 0.6 is 0 Å². The first-order valence-corrected chi connectivity index (χ1v) is 10.5. The summed E-state index contributed by atoms with van der Waals surface area (Å²) in [6.07, 6.45) is 0.973. The molecule has 0 spiro atoms. The normalized spacial score (nSPS) is 12.2. The third-order valence-corrected chi connectivity index (χ3v) is 6.04. The average Bonchev–Trinajstić information content (AvgIpc) is 2.92. The minimum absolute atomic E-state index is 0.0147. The lowest BCUT2D eigenvalue weighted by Gasteiger charge is -2.12. The fourth-order valence-electron chi connectivity index (χ4n) is 2.32. The fraction of sp³-hybridized carbons (Fsp3) is 0.133. The second-order valence-corrected chi connectivity index (χ2v) is 9.08. The van der Waals surface area contributed by atoms with Crippen LogP contribution in [0.2, 0.25) is 0 Å². The summed E-state index contributed by atoms with van der Waals surface area (Å²) in [5.74, 6) is -0.679. The first kappa shape index (κ1) is 18.0. The first-order valence-electron chi connectivity index (χ1n) is 7.14. The van der Waals surface area contributed by atoms with Gasteiger partial charge in [0.15, 0.2) is 15.4 Å². The van der Waals surface area contributed by atoms with Gasteiger partial charge in [0.05, 0.1) is 23.2 Å². The molecule has 0 saturated carbocycles. The maximum absolute atomic E-state index is 12.7. The van der Waals surface area contributed by atoms with E-state index in [1.165, 1.54) is 37.4 Å². The van der Waals surface area contributed by atoms with Crippen molar-refractivity contribution in [2.75, 3.05) is 18.1 Å². The van der Waals surface area contributed by atoms with E-state index in [4.69, 9.17) is 9.15 Å². The number of hydrogen-bond acceptors (Lipinski definition) is 7. The summed E-state index contributed by atoms with van der Waals surface area (Å²) in [4.78, 5) is 13.1. The maximum atomic E-state index is 12.7. The second-order valence-electron chi connectivity index (χ2n) is 5.42. The maximum Gasteiger partial charge on any atom is 0.417 e. The Kier molecular flexibility index (Phi) is 4.28. The molecule has 0 aliphatic heterocycles. The van der Waals surface area contributed by atoms with Gasteiger partial charge in [-0.15, -0.1) is 0 Å². The van der Waals surface area contributed by atoms with Crippen molar-refractivity contribution in [3.8, 4) is 5.75 Å². The lowest BCUT2D eigenvalue weighted by Crippen LogP contribution is -2.15. The van der Waals surface area contributed by atoms with Gasteiger partial charge in [-0.2, -0.15) is 0 Å². The third kappa shape index (κ3) is 3.44. The molecular formula is C15H14N2O7S2. The van der Waals surface area contributed by atoms with Gasteiger partial charge in [-0.1, -0.05) is 0 Å². The third-order valence-electron chi connectivity index (χ3n) is 3.53. The molecule has 2 aromatic carbocycles. The van der Waals surface area contributed by atoms with Gasteiger partial charge in [0.1, 0.15) is 10.6 Å². The van der Waals surface area contributed by atoms with Crippen LogP contribution in [0.1, 0.15) is 0 Å². The molecule has 0 fully saturated rings. The Labute approximate surface area is 148 Å². The summed E-state index contributed by atoms with van der Waals surface area (Å²) < 4.78 is 61.1. The fourth-order valence-corrected chi connectivity index (χ4v) is 4.28. The van der Waals surface area contributed by atoms with E-state index < -0.39 is 25.6 Å². The van der Waals surface area contributed by atoms with Gasteiger partial charge in [-0.05, 0) is 30.3 Å². The molecule has 9 nitrogen and oxygen atoms in total. The zero-order valence-corrected chi connectivity index (χ0v) is 15.3. The summed E-state index contributed by atoms with van der Waals surface area (Å²) in [6.45, 7) is 0. The average molecular weight is 398 g/mol. The Morgan fingerprint density at radius 1 is 1.08 bits per heavy atom. The standard InChI is InChI=1S/C15H14N2O7S2/c1-23-12-6-4-10(25(2,19)20)8-14(12)26(21,22)17-9-3-5-11-13(7-9)24-15(18)16-11/h3-8,17H,1-2H3,(H,16,18). The van der Waals surface area contributed by atoms with E-state index >= 15 is 0 Å². The van der Waals surface area contributed by atoms with E-state index in [0.717, 1.165) is 12.3 Å². The molecule has 1 aromatic heterocycles. The molecule has 0 saturated heterocycles. The van der Waals surface area contributed by atoms with Crippen LogP contribution in [-0.4, -0.2) is 35.2 Å². The van der Waals surface area contributed by atoms with Gasteiger partial charge in [-0.25, -0.2) is 21.6 Å². The number of oxazole rings is 1. The zero-order valence-electron chi connectivity index (χ0n) is 13.6. The number of sulfonamides is 1. The lowest BCUT2D eigenvalue weighted by molar-refractivity contribution is 0.402. The topological polar surface area (TPSA) is 136 Å². The monoisotopic (exact) mass is 398 g/mol. The predicted molar refractivity (Wildman–Crippen MR) is 93.7 cm³/mol. The van der Waals surface area contributed by atoms with Crippen molar-refractivity contribution in [1.29, 1.82) is 0 Å². The number of hydrogen-bond donors (Lipinski definition) is 2. The van der Waals surface area contributed by atoms with Crippen molar-refractivity contribution in [2.24, 2.45) is 0 Å². The van der Waals surface area contributed by atoms with E-state index in [-0.39, 0.29) is 26.8 Å². The highest BCUT2D eigenvalue weighted by molar-refractivity contribution is 7.93. The molecule has 3 rings (SSSR count). The number of sulfone groups is 1. The molecule has 11 heteroatoms. The van der Waals surface area contributed by atoms with Gasteiger partial charge in [0, 0.05) is 12.3 Å². The lowest BCUT2D eigenvalue weighted by atomic mass is 10.3. The molecule has 26 heavy (non-hydrogen) atoms. The Balaban J connectivity index is 2.07. The SMILES string of the molecule is COc1ccc(S(C)(=O)=O)cc1S(=O)(=O)Nc1ccc2[nH]c(=O)oc2c1.